The van der Waals surface area contributed by atoms with E-state index in [9.17, 15) is 0 Å². The minimum atomic E-state index is 0.532. The third-order valence-electron chi connectivity index (χ3n) is 3.51. The van der Waals surface area contributed by atoms with Crippen LogP contribution in [0.5, 0.6) is 0 Å². The highest BCUT2D eigenvalue weighted by molar-refractivity contribution is 5.86. The van der Waals surface area contributed by atoms with E-state index in [2.05, 4.69) is 67.6 Å². The van der Waals surface area contributed by atoms with Crippen molar-refractivity contribution in [2.75, 3.05) is 0 Å². The highest BCUT2D eigenvalue weighted by Crippen LogP contribution is 2.31. The van der Waals surface area contributed by atoms with Crippen LogP contribution in [0.15, 0.2) is 66.3 Å². The number of hydrogen-bond acceptors (Lipinski definition) is 0. The van der Waals surface area contributed by atoms with E-state index in [0.717, 1.165) is 6.42 Å². The molecule has 0 radical (unpaired) electrons. The molecule has 0 amide bonds. The molecule has 1 unspecified atom stereocenters. The van der Waals surface area contributed by atoms with Crippen molar-refractivity contribution in [3.8, 4) is 0 Å². The highest BCUT2D eigenvalue weighted by Gasteiger charge is 2.12. The highest BCUT2D eigenvalue weighted by atomic mass is 14.2. The molecule has 2 aromatic carbocycles. The second kappa shape index (κ2) is 6.38. The lowest BCUT2D eigenvalue weighted by Crippen LogP contribution is -1.98. The zero-order valence-electron chi connectivity index (χ0n) is 12.1. The van der Waals surface area contributed by atoms with Gasteiger partial charge in [-0.05, 0) is 29.7 Å². The van der Waals surface area contributed by atoms with Gasteiger partial charge >= 0.3 is 0 Å². The fourth-order valence-corrected chi connectivity index (χ4v) is 2.53. The quantitative estimate of drug-likeness (QED) is 0.595. The molecule has 19 heavy (non-hydrogen) atoms. The average Bonchev–Trinajstić information content (AvgIpc) is 2.50. The zero-order chi connectivity index (χ0) is 13.7. The van der Waals surface area contributed by atoms with Crippen LogP contribution in [0.3, 0.4) is 0 Å². The number of allylic oxidation sites excluding steroid dienone is 4. The minimum absolute atomic E-state index is 0.532. The zero-order valence-corrected chi connectivity index (χ0v) is 12.1. The standard InChI is InChI=1S/C17H16.C2H6/c1-13-9-11-15(12-10-13)17-8-4-6-14-5-2-3-7-16(14)17;1-2/h2-11,15H,12H2,1H3;1-2H3. The summed E-state index contributed by atoms with van der Waals surface area (Å²) in [7, 11) is 0. The van der Waals surface area contributed by atoms with Crippen LogP contribution in [0.2, 0.25) is 0 Å². The van der Waals surface area contributed by atoms with E-state index in [1.165, 1.54) is 21.9 Å². The third-order valence-corrected chi connectivity index (χ3v) is 3.51. The number of benzene rings is 2. The van der Waals surface area contributed by atoms with Crippen LogP contribution in [0.4, 0.5) is 0 Å². The Morgan fingerprint density at radius 1 is 0.947 bits per heavy atom. The maximum absolute atomic E-state index is 2.33. The second-order valence-electron chi connectivity index (χ2n) is 4.72. The molecule has 0 aliphatic heterocycles. The Hall–Kier alpha value is -1.82. The molecule has 1 atom stereocenters. The predicted molar refractivity (Wildman–Crippen MR) is 85.6 cm³/mol. The van der Waals surface area contributed by atoms with E-state index >= 15 is 0 Å². The summed E-state index contributed by atoms with van der Waals surface area (Å²) < 4.78 is 0. The van der Waals surface area contributed by atoms with Crippen LogP contribution >= 0.6 is 0 Å². The van der Waals surface area contributed by atoms with Gasteiger partial charge in [-0.1, -0.05) is 80.1 Å². The molecule has 0 saturated carbocycles. The minimum Gasteiger partial charge on any atom is -0.0807 e. The Morgan fingerprint density at radius 2 is 1.68 bits per heavy atom. The van der Waals surface area contributed by atoms with Crippen molar-refractivity contribution in [2.24, 2.45) is 0 Å². The van der Waals surface area contributed by atoms with Gasteiger partial charge in [-0.3, -0.25) is 0 Å². The van der Waals surface area contributed by atoms with Crippen LogP contribution in [0.25, 0.3) is 10.8 Å². The number of rotatable bonds is 1. The molecule has 1 aliphatic carbocycles. The monoisotopic (exact) mass is 250 g/mol. The Labute approximate surface area is 116 Å². The summed E-state index contributed by atoms with van der Waals surface area (Å²) in [5.41, 5.74) is 2.82. The molecule has 0 heteroatoms. The van der Waals surface area contributed by atoms with Crippen LogP contribution < -0.4 is 0 Å². The van der Waals surface area contributed by atoms with E-state index in [0.29, 0.717) is 5.92 Å². The van der Waals surface area contributed by atoms with Gasteiger partial charge in [0.25, 0.3) is 0 Å². The van der Waals surface area contributed by atoms with Crippen molar-refractivity contribution in [1.82, 2.24) is 0 Å². The maximum Gasteiger partial charge on any atom is 0.00620 e. The first-order chi connectivity index (χ1) is 9.34. The van der Waals surface area contributed by atoms with Gasteiger partial charge in [0.05, 0.1) is 0 Å². The van der Waals surface area contributed by atoms with Gasteiger partial charge in [0, 0.05) is 5.92 Å². The summed E-state index contributed by atoms with van der Waals surface area (Å²) in [6, 6.07) is 15.2. The molecule has 98 valence electrons. The first-order valence-corrected chi connectivity index (χ1v) is 7.17. The summed E-state index contributed by atoms with van der Waals surface area (Å²) >= 11 is 0. The largest absolute Gasteiger partial charge is 0.0807 e. The predicted octanol–water partition coefficient (Wildman–Crippen LogP) is 5.86. The summed E-state index contributed by atoms with van der Waals surface area (Å²) in [5.74, 6) is 0.532. The molecule has 0 aromatic heterocycles. The lowest BCUT2D eigenvalue weighted by Gasteiger charge is -2.17. The Bertz CT molecular complexity index is 597. The topological polar surface area (TPSA) is 0 Å². The maximum atomic E-state index is 2.33. The van der Waals surface area contributed by atoms with Crippen molar-refractivity contribution in [3.63, 3.8) is 0 Å². The molecule has 1 aliphatic rings. The Kier molecular flexibility index (Phi) is 4.57. The van der Waals surface area contributed by atoms with Gasteiger partial charge in [-0.25, -0.2) is 0 Å². The second-order valence-corrected chi connectivity index (χ2v) is 4.72. The summed E-state index contributed by atoms with van der Waals surface area (Å²) in [5, 5.41) is 2.72. The van der Waals surface area contributed by atoms with E-state index in [4.69, 9.17) is 0 Å². The van der Waals surface area contributed by atoms with Gasteiger partial charge < -0.3 is 0 Å². The number of fused-ring (bicyclic) bond motifs is 1. The van der Waals surface area contributed by atoms with E-state index in [1.807, 2.05) is 13.8 Å². The lowest BCUT2D eigenvalue weighted by molar-refractivity contribution is 0.853. The fraction of sp³-hybridized carbons (Fsp3) is 0.263. The van der Waals surface area contributed by atoms with Gasteiger partial charge in [-0.2, -0.15) is 0 Å². The van der Waals surface area contributed by atoms with Crippen LogP contribution in [0, 0.1) is 0 Å². The van der Waals surface area contributed by atoms with Gasteiger partial charge in [0.2, 0.25) is 0 Å². The summed E-state index contributed by atoms with van der Waals surface area (Å²) in [6.45, 7) is 6.16. The molecule has 0 spiro atoms. The first-order valence-electron chi connectivity index (χ1n) is 7.17. The number of hydrogen-bond donors (Lipinski definition) is 0. The average molecular weight is 250 g/mol. The lowest BCUT2D eigenvalue weighted by atomic mass is 9.87. The van der Waals surface area contributed by atoms with E-state index < -0.39 is 0 Å². The Balaban J connectivity index is 0.000000637. The SMILES string of the molecule is CC.CC1=CCC(c2cccc3ccccc23)C=C1. The van der Waals surface area contributed by atoms with Gasteiger partial charge in [0.15, 0.2) is 0 Å². The molecule has 0 fully saturated rings. The van der Waals surface area contributed by atoms with Crippen molar-refractivity contribution in [1.29, 1.82) is 0 Å². The molecule has 3 rings (SSSR count). The fourth-order valence-electron chi connectivity index (χ4n) is 2.53. The smallest absolute Gasteiger partial charge is 0.00620 e. The molecular weight excluding hydrogens is 228 g/mol. The Morgan fingerprint density at radius 3 is 2.42 bits per heavy atom. The first kappa shape index (κ1) is 13.6. The van der Waals surface area contributed by atoms with Gasteiger partial charge in [0.1, 0.15) is 0 Å². The molecule has 0 saturated heterocycles. The molecule has 0 nitrogen and oxygen atoms in total. The van der Waals surface area contributed by atoms with E-state index in [1.54, 1.807) is 0 Å². The van der Waals surface area contributed by atoms with Crippen LogP contribution in [0.1, 0.15) is 38.7 Å². The van der Waals surface area contributed by atoms with Crippen molar-refractivity contribution < 1.29 is 0 Å². The third kappa shape index (κ3) is 2.96. The van der Waals surface area contributed by atoms with Crippen molar-refractivity contribution >= 4 is 10.8 Å². The van der Waals surface area contributed by atoms with Crippen LogP contribution in [-0.2, 0) is 0 Å². The van der Waals surface area contributed by atoms with Crippen molar-refractivity contribution in [2.45, 2.75) is 33.1 Å². The van der Waals surface area contributed by atoms with Gasteiger partial charge in [-0.15, -0.1) is 0 Å². The van der Waals surface area contributed by atoms with Crippen molar-refractivity contribution in [3.05, 3.63) is 71.8 Å². The van der Waals surface area contributed by atoms with Crippen LogP contribution in [-0.4, -0.2) is 0 Å². The normalized spacial score (nSPS) is 17.6. The molecule has 2 aromatic rings. The molecule has 0 N–H and O–H groups in total. The molecule has 0 heterocycles. The summed E-state index contributed by atoms with van der Waals surface area (Å²) in [6.07, 6.45) is 8.01. The molecule has 0 bridgehead atoms. The molecular formula is C19H22. The summed E-state index contributed by atoms with van der Waals surface area (Å²) in [4.78, 5) is 0. The van der Waals surface area contributed by atoms with E-state index in [-0.39, 0.29) is 0 Å².